The number of hydrogen-bond acceptors (Lipinski definition) is 8. The largest absolute Gasteiger partial charge is 0.482 e. The normalized spacial score (nSPS) is 11.2. The standard InChI is InChI=1S/C21H21N3O6/c1-21(2,3)15-6-10-17(11-7-15)28-13-19(25)29-12-18-22-23-20(30-18)14-4-8-16(9-5-14)24(26)27/h4-11H,12-13H2,1-3H3. The van der Waals surface area contributed by atoms with Crippen LogP contribution in [0.2, 0.25) is 0 Å². The molecule has 0 fully saturated rings. The van der Waals surface area contributed by atoms with Crippen molar-refractivity contribution in [2.75, 3.05) is 6.61 Å². The number of benzene rings is 2. The van der Waals surface area contributed by atoms with E-state index in [9.17, 15) is 14.9 Å². The zero-order valence-electron chi connectivity index (χ0n) is 16.8. The van der Waals surface area contributed by atoms with Gasteiger partial charge in [0.1, 0.15) is 5.75 Å². The fourth-order valence-corrected chi connectivity index (χ4v) is 2.53. The molecule has 156 valence electrons. The summed E-state index contributed by atoms with van der Waals surface area (Å²) in [5, 5.41) is 18.4. The number of carbonyl (C=O) groups is 1. The maximum Gasteiger partial charge on any atom is 0.344 e. The predicted octanol–water partition coefficient (Wildman–Crippen LogP) is 4.06. The lowest BCUT2D eigenvalue weighted by atomic mass is 9.87. The molecule has 0 N–H and O–H groups in total. The van der Waals surface area contributed by atoms with Crippen LogP contribution in [0, 0.1) is 10.1 Å². The summed E-state index contributed by atoms with van der Waals surface area (Å²) < 4.78 is 15.9. The summed E-state index contributed by atoms with van der Waals surface area (Å²) in [5.74, 6) is 0.264. The first-order chi connectivity index (χ1) is 14.2. The number of non-ortho nitro benzene ring substituents is 1. The van der Waals surface area contributed by atoms with Crippen molar-refractivity contribution in [2.24, 2.45) is 0 Å². The number of ether oxygens (including phenoxy) is 2. The first-order valence-electron chi connectivity index (χ1n) is 9.18. The van der Waals surface area contributed by atoms with Crippen LogP contribution in [0.1, 0.15) is 32.2 Å². The number of nitro benzene ring substituents is 1. The van der Waals surface area contributed by atoms with Gasteiger partial charge in [-0.15, -0.1) is 10.2 Å². The number of rotatable bonds is 7. The second-order valence-corrected chi connectivity index (χ2v) is 7.53. The molecule has 9 heteroatoms. The smallest absolute Gasteiger partial charge is 0.344 e. The Kier molecular flexibility index (Phi) is 6.10. The Labute approximate surface area is 172 Å². The summed E-state index contributed by atoms with van der Waals surface area (Å²) in [7, 11) is 0. The molecule has 9 nitrogen and oxygen atoms in total. The van der Waals surface area contributed by atoms with Gasteiger partial charge in [0.05, 0.1) is 4.92 Å². The number of esters is 1. The molecule has 0 amide bonds. The lowest BCUT2D eigenvalue weighted by molar-refractivity contribution is -0.384. The minimum atomic E-state index is -0.579. The molecule has 0 unspecified atom stereocenters. The van der Waals surface area contributed by atoms with Crippen LogP contribution in [0.4, 0.5) is 5.69 Å². The van der Waals surface area contributed by atoms with Gasteiger partial charge in [0.2, 0.25) is 5.89 Å². The van der Waals surface area contributed by atoms with Gasteiger partial charge >= 0.3 is 5.97 Å². The van der Waals surface area contributed by atoms with Gasteiger partial charge in [-0.1, -0.05) is 32.9 Å². The van der Waals surface area contributed by atoms with E-state index in [4.69, 9.17) is 13.9 Å². The summed E-state index contributed by atoms with van der Waals surface area (Å²) in [6, 6.07) is 13.2. The molecule has 0 aliphatic heterocycles. The van der Waals surface area contributed by atoms with Crippen LogP contribution in [-0.2, 0) is 21.6 Å². The van der Waals surface area contributed by atoms with Crippen molar-refractivity contribution in [1.29, 1.82) is 0 Å². The van der Waals surface area contributed by atoms with E-state index < -0.39 is 10.9 Å². The maximum absolute atomic E-state index is 11.9. The van der Waals surface area contributed by atoms with Gasteiger partial charge in [-0.3, -0.25) is 10.1 Å². The van der Waals surface area contributed by atoms with Crippen LogP contribution < -0.4 is 4.74 Å². The highest BCUT2D eigenvalue weighted by atomic mass is 16.6. The Morgan fingerprint density at radius 3 is 2.33 bits per heavy atom. The van der Waals surface area contributed by atoms with Crippen LogP contribution in [0.15, 0.2) is 52.9 Å². The molecule has 3 aromatic rings. The molecule has 0 bridgehead atoms. The zero-order chi connectivity index (χ0) is 21.7. The molecule has 1 aromatic heterocycles. The molecule has 3 rings (SSSR count). The lowest BCUT2D eigenvalue weighted by Crippen LogP contribution is -2.15. The number of nitrogens with zero attached hydrogens (tertiary/aromatic N) is 3. The van der Waals surface area contributed by atoms with Crippen LogP contribution in [0.5, 0.6) is 5.75 Å². The van der Waals surface area contributed by atoms with E-state index in [0.29, 0.717) is 11.3 Å². The van der Waals surface area contributed by atoms with Crippen LogP contribution in [0.25, 0.3) is 11.5 Å². The SMILES string of the molecule is CC(C)(C)c1ccc(OCC(=O)OCc2nnc(-c3ccc([N+](=O)[O-])cc3)o2)cc1. The van der Waals surface area contributed by atoms with Crippen molar-refractivity contribution in [3.05, 3.63) is 70.1 Å². The number of nitro groups is 1. The van der Waals surface area contributed by atoms with Crippen LogP contribution >= 0.6 is 0 Å². The Balaban J connectivity index is 1.49. The van der Waals surface area contributed by atoms with E-state index in [0.717, 1.165) is 5.56 Å². The van der Waals surface area contributed by atoms with Crippen molar-refractivity contribution >= 4 is 11.7 Å². The Bertz CT molecular complexity index is 1020. The van der Waals surface area contributed by atoms with Crippen molar-refractivity contribution < 1.29 is 23.6 Å². The van der Waals surface area contributed by atoms with Gasteiger partial charge in [-0.05, 0) is 35.2 Å². The summed E-state index contributed by atoms with van der Waals surface area (Å²) >= 11 is 0. The third-order valence-corrected chi connectivity index (χ3v) is 4.23. The van der Waals surface area contributed by atoms with Gasteiger partial charge in [0.15, 0.2) is 13.2 Å². The monoisotopic (exact) mass is 411 g/mol. The highest BCUT2D eigenvalue weighted by molar-refractivity contribution is 5.71. The molecule has 0 atom stereocenters. The third kappa shape index (κ3) is 5.40. The topological polar surface area (TPSA) is 118 Å². The van der Waals surface area contributed by atoms with Crippen molar-refractivity contribution in [2.45, 2.75) is 32.8 Å². The summed E-state index contributed by atoms with van der Waals surface area (Å²) in [6.45, 7) is 5.89. The second kappa shape index (κ2) is 8.73. The zero-order valence-corrected chi connectivity index (χ0v) is 16.8. The van der Waals surface area contributed by atoms with Gasteiger partial charge < -0.3 is 13.9 Å². The Hall–Kier alpha value is -3.75. The third-order valence-electron chi connectivity index (χ3n) is 4.23. The average Bonchev–Trinajstić information content (AvgIpc) is 3.19. The summed E-state index contributed by atoms with van der Waals surface area (Å²) in [4.78, 5) is 22.1. The minimum absolute atomic E-state index is 0.0366. The quantitative estimate of drug-likeness (QED) is 0.324. The van der Waals surface area contributed by atoms with E-state index in [1.54, 1.807) is 0 Å². The molecular formula is C21H21N3O6. The molecule has 1 heterocycles. The van der Waals surface area contributed by atoms with E-state index in [1.807, 2.05) is 24.3 Å². The summed E-state index contributed by atoms with van der Waals surface area (Å²) in [5.41, 5.74) is 1.68. The molecule has 2 aromatic carbocycles. The van der Waals surface area contributed by atoms with Crippen molar-refractivity contribution in [3.63, 3.8) is 0 Å². The predicted molar refractivity (Wildman–Crippen MR) is 107 cm³/mol. The van der Waals surface area contributed by atoms with Crippen LogP contribution in [-0.4, -0.2) is 27.7 Å². The first kappa shape index (κ1) is 21.0. The number of carbonyl (C=O) groups excluding carboxylic acids is 1. The van der Waals surface area contributed by atoms with Crippen molar-refractivity contribution in [1.82, 2.24) is 10.2 Å². The molecule has 0 spiro atoms. The minimum Gasteiger partial charge on any atom is -0.482 e. The molecule has 0 aliphatic rings. The highest BCUT2D eigenvalue weighted by Gasteiger charge is 2.15. The lowest BCUT2D eigenvalue weighted by Gasteiger charge is -2.19. The van der Waals surface area contributed by atoms with E-state index in [2.05, 4.69) is 31.0 Å². The molecular weight excluding hydrogens is 390 g/mol. The number of aromatic nitrogens is 2. The summed E-state index contributed by atoms with van der Waals surface area (Å²) in [6.07, 6.45) is 0. The molecule has 0 aliphatic carbocycles. The van der Waals surface area contributed by atoms with E-state index in [1.165, 1.54) is 24.3 Å². The maximum atomic E-state index is 11.9. The highest BCUT2D eigenvalue weighted by Crippen LogP contribution is 2.24. The Morgan fingerprint density at radius 1 is 1.07 bits per heavy atom. The first-order valence-corrected chi connectivity index (χ1v) is 9.18. The molecule has 0 radical (unpaired) electrons. The Morgan fingerprint density at radius 2 is 1.73 bits per heavy atom. The van der Waals surface area contributed by atoms with Crippen LogP contribution in [0.3, 0.4) is 0 Å². The second-order valence-electron chi connectivity index (χ2n) is 7.53. The number of hydrogen-bond donors (Lipinski definition) is 0. The van der Waals surface area contributed by atoms with Gasteiger partial charge in [0.25, 0.3) is 11.6 Å². The fourth-order valence-electron chi connectivity index (χ4n) is 2.53. The molecule has 0 saturated heterocycles. The molecule has 0 saturated carbocycles. The van der Waals surface area contributed by atoms with E-state index in [-0.39, 0.29) is 36.1 Å². The van der Waals surface area contributed by atoms with E-state index >= 15 is 0 Å². The van der Waals surface area contributed by atoms with Crippen molar-refractivity contribution in [3.8, 4) is 17.2 Å². The fraction of sp³-hybridized carbons (Fsp3) is 0.286. The average molecular weight is 411 g/mol. The van der Waals surface area contributed by atoms with Gasteiger partial charge in [-0.25, -0.2) is 4.79 Å². The van der Waals surface area contributed by atoms with Gasteiger partial charge in [-0.2, -0.15) is 0 Å². The molecule has 30 heavy (non-hydrogen) atoms. The van der Waals surface area contributed by atoms with Gasteiger partial charge in [0, 0.05) is 17.7 Å².